The van der Waals surface area contributed by atoms with Crippen molar-refractivity contribution in [1.29, 1.82) is 0 Å². The van der Waals surface area contributed by atoms with E-state index in [2.05, 4.69) is 33.7 Å². The summed E-state index contributed by atoms with van der Waals surface area (Å²) in [5.74, 6) is -0.796. The normalized spacial score (nSPS) is 15.3. The van der Waals surface area contributed by atoms with E-state index in [1.54, 1.807) is 0 Å². The van der Waals surface area contributed by atoms with Crippen LogP contribution in [0.5, 0.6) is 0 Å². The highest BCUT2D eigenvalue weighted by Crippen LogP contribution is 2.34. The third kappa shape index (κ3) is 2.46. The summed E-state index contributed by atoms with van der Waals surface area (Å²) in [6.45, 7) is 2.06. The number of carbonyl (C=O) groups is 1. The summed E-state index contributed by atoms with van der Waals surface area (Å²) in [6, 6.07) is 0.311. The summed E-state index contributed by atoms with van der Waals surface area (Å²) in [5.41, 5.74) is 2.86. The van der Waals surface area contributed by atoms with Crippen molar-refractivity contribution < 1.29 is 9.90 Å². The maximum atomic E-state index is 10.9. The number of carboxylic acid groups (broad SMARTS) is 1. The lowest BCUT2D eigenvalue weighted by Gasteiger charge is -2.15. The largest absolute Gasteiger partial charge is 0.481 e. The molecule has 6 nitrogen and oxygen atoms in total. The van der Waals surface area contributed by atoms with Crippen molar-refractivity contribution in [2.75, 3.05) is 5.75 Å². The Morgan fingerprint density at radius 1 is 1.48 bits per heavy atom. The highest BCUT2D eigenvalue weighted by atomic mass is 32.2. The van der Waals surface area contributed by atoms with Gasteiger partial charge in [-0.25, -0.2) is 4.98 Å². The lowest BCUT2D eigenvalue weighted by Crippen LogP contribution is -2.11. The Morgan fingerprint density at radius 3 is 2.81 bits per heavy atom. The molecular formula is C14H18N4O2S. The van der Waals surface area contributed by atoms with E-state index in [0.717, 1.165) is 41.3 Å². The van der Waals surface area contributed by atoms with Crippen LogP contribution in [0.15, 0.2) is 17.3 Å². The molecule has 3 rings (SSSR count). The molecule has 0 saturated carbocycles. The number of fused-ring (bicyclic) bond motifs is 1. The van der Waals surface area contributed by atoms with E-state index >= 15 is 0 Å². The number of aryl methyl sites for hydroxylation is 2. The van der Waals surface area contributed by atoms with Crippen molar-refractivity contribution in [3.63, 3.8) is 0 Å². The number of aliphatic carboxylic acids is 1. The van der Waals surface area contributed by atoms with E-state index in [1.807, 2.05) is 11.7 Å². The van der Waals surface area contributed by atoms with Gasteiger partial charge in [-0.15, -0.1) is 0 Å². The van der Waals surface area contributed by atoms with Crippen LogP contribution >= 0.6 is 11.8 Å². The molecule has 1 aliphatic rings. The summed E-state index contributed by atoms with van der Waals surface area (Å²) >= 11 is 1.28. The number of nitrogens with zero attached hydrogens (tertiary/aromatic N) is 4. The second kappa shape index (κ2) is 5.55. The predicted octanol–water partition coefficient (Wildman–Crippen LogP) is 2.40. The van der Waals surface area contributed by atoms with Gasteiger partial charge in [0.2, 0.25) is 0 Å². The minimum atomic E-state index is -0.822. The minimum absolute atomic E-state index is 0.0261. The van der Waals surface area contributed by atoms with Crippen LogP contribution in [0.4, 0.5) is 0 Å². The van der Waals surface area contributed by atoms with Gasteiger partial charge in [0, 0.05) is 13.1 Å². The van der Waals surface area contributed by atoms with Gasteiger partial charge in [-0.1, -0.05) is 30.8 Å². The highest BCUT2D eigenvalue weighted by Gasteiger charge is 2.25. The molecule has 2 aromatic heterocycles. The molecule has 0 atom stereocenters. The number of rotatable bonds is 5. The van der Waals surface area contributed by atoms with Crippen molar-refractivity contribution in [2.24, 2.45) is 7.05 Å². The lowest BCUT2D eigenvalue weighted by molar-refractivity contribution is -0.133. The van der Waals surface area contributed by atoms with Crippen LogP contribution in [-0.4, -0.2) is 36.2 Å². The molecule has 21 heavy (non-hydrogen) atoms. The zero-order valence-electron chi connectivity index (χ0n) is 12.1. The summed E-state index contributed by atoms with van der Waals surface area (Å²) in [7, 11) is 1.92. The van der Waals surface area contributed by atoms with Gasteiger partial charge in [-0.2, -0.15) is 5.10 Å². The van der Waals surface area contributed by atoms with Crippen LogP contribution < -0.4 is 0 Å². The second-order valence-corrected chi connectivity index (χ2v) is 6.08. The third-order valence-electron chi connectivity index (χ3n) is 3.71. The molecular weight excluding hydrogens is 288 g/mol. The van der Waals surface area contributed by atoms with Crippen LogP contribution in [0.2, 0.25) is 0 Å². The van der Waals surface area contributed by atoms with Crippen LogP contribution in [0.25, 0.3) is 11.2 Å². The first-order chi connectivity index (χ1) is 10.1. The van der Waals surface area contributed by atoms with Gasteiger partial charge in [-0.05, 0) is 19.3 Å². The fourth-order valence-electron chi connectivity index (χ4n) is 2.79. The van der Waals surface area contributed by atoms with Gasteiger partial charge >= 0.3 is 5.97 Å². The molecule has 2 aromatic rings. The first-order valence-corrected chi connectivity index (χ1v) is 8.03. The van der Waals surface area contributed by atoms with Crippen molar-refractivity contribution in [3.8, 4) is 0 Å². The zero-order chi connectivity index (χ0) is 15.0. The number of imidazole rings is 1. The number of thioether (sulfide) groups is 1. The van der Waals surface area contributed by atoms with Crippen LogP contribution in [0.3, 0.4) is 0 Å². The van der Waals surface area contributed by atoms with E-state index in [-0.39, 0.29) is 5.75 Å². The van der Waals surface area contributed by atoms with Crippen molar-refractivity contribution in [1.82, 2.24) is 19.3 Å². The third-order valence-corrected chi connectivity index (χ3v) is 4.65. The molecule has 1 aliphatic carbocycles. The predicted molar refractivity (Wildman–Crippen MR) is 81.6 cm³/mol. The van der Waals surface area contributed by atoms with Crippen molar-refractivity contribution in [3.05, 3.63) is 17.8 Å². The first kappa shape index (κ1) is 14.2. The molecule has 0 aromatic carbocycles. The van der Waals surface area contributed by atoms with E-state index in [1.165, 1.54) is 11.8 Å². The molecule has 0 spiro atoms. The first-order valence-electron chi connectivity index (χ1n) is 7.05. The van der Waals surface area contributed by atoms with E-state index in [4.69, 9.17) is 5.11 Å². The van der Waals surface area contributed by atoms with Crippen LogP contribution in [0, 0.1) is 0 Å². The van der Waals surface area contributed by atoms with Gasteiger partial charge in [0.1, 0.15) is 5.52 Å². The fraction of sp³-hybridized carbons (Fsp3) is 0.500. The maximum absolute atomic E-state index is 10.9. The average molecular weight is 306 g/mol. The van der Waals surface area contributed by atoms with E-state index in [9.17, 15) is 4.79 Å². The Balaban J connectivity index is 2.11. The molecule has 7 heteroatoms. The molecule has 2 heterocycles. The molecule has 0 fully saturated rings. The number of hydrogen-bond donors (Lipinski definition) is 1. The monoisotopic (exact) mass is 306 g/mol. The average Bonchev–Trinajstić information content (AvgIpc) is 3.13. The molecule has 0 aliphatic heterocycles. The second-order valence-electron chi connectivity index (χ2n) is 5.14. The molecule has 0 saturated heterocycles. The molecule has 0 bridgehead atoms. The number of allylic oxidation sites excluding steroid dienone is 2. The molecule has 1 N–H and O–H groups in total. The Bertz CT molecular complexity index is 708. The summed E-state index contributed by atoms with van der Waals surface area (Å²) in [5, 5.41) is 14.2. The Kier molecular flexibility index (Phi) is 3.75. The minimum Gasteiger partial charge on any atom is -0.481 e. The fourth-order valence-corrected chi connectivity index (χ4v) is 3.57. The summed E-state index contributed by atoms with van der Waals surface area (Å²) in [4.78, 5) is 15.5. The van der Waals surface area contributed by atoms with Crippen LogP contribution in [0.1, 0.15) is 31.5 Å². The lowest BCUT2D eigenvalue weighted by atomic mass is 10.2. The SMILES string of the molecule is CCc1nn(C)c2c1nc(SCC(=O)O)n2C1CC=CC1. The van der Waals surface area contributed by atoms with Gasteiger partial charge in [0.05, 0.1) is 11.4 Å². The van der Waals surface area contributed by atoms with E-state index < -0.39 is 5.97 Å². The van der Waals surface area contributed by atoms with Crippen molar-refractivity contribution >= 4 is 28.9 Å². The Labute approximate surface area is 126 Å². The quantitative estimate of drug-likeness (QED) is 0.678. The van der Waals surface area contributed by atoms with Gasteiger partial charge in [0.15, 0.2) is 10.8 Å². The maximum Gasteiger partial charge on any atom is 0.313 e. The van der Waals surface area contributed by atoms with Gasteiger partial charge in [0.25, 0.3) is 0 Å². The van der Waals surface area contributed by atoms with Gasteiger partial charge in [-0.3, -0.25) is 9.48 Å². The summed E-state index contributed by atoms with van der Waals surface area (Å²) in [6.07, 6.45) is 7.07. The Morgan fingerprint density at radius 2 is 2.19 bits per heavy atom. The summed E-state index contributed by atoms with van der Waals surface area (Å²) < 4.78 is 4.03. The molecule has 0 amide bonds. The van der Waals surface area contributed by atoms with E-state index in [0.29, 0.717) is 6.04 Å². The number of carboxylic acids is 1. The topological polar surface area (TPSA) is 72.9 Å². The van der Waals surface area contributed by atoms with Crippen LogP contribution in [-0.2, 0) is 18.3 Å². The number of hydrogen-bond acceptors (Lipinski definition) is 4. The molecule has 0 radical (unpaired) electrons. The molecule has 112 valence electrons. The molecule has 0 unspecified atom stereocenters. The van der Waals surface area contributed by atoms with Gasteiger partial charge < -0.3 is 9.67 Å². The standard InChI is InChI=1S/C14H18N4O2S/c1-3-10-12-13(17(2)16-10)18(9-6-4-5-7-9)14(15-12)21-8-11(19)20/h4-5,9H,3,6-8H2,1-2H3,(H,19,20). The smallest absolute Gasteiger partial charge is 0.313 e. The number of aromatic nitrogens is 4. The van der Waals surface area contributed by atoms with Crippen molar-refractivity contribution in [2.45, 2.75) is 37.4 Å². The zero-order valence-corrected chi connectivity index (χ0v) is 12.9. The Hall–Kier alpha value is -1.76. The highest BCUT2D eigenvalue weighted by molar-refractivity contribution is 7.99.